The number of Topliss-reactive ketones (excluding diaryl/α,β-unsaturated/α-hetero) is 1. The van der Waals surface area contributed by atoms with Crippen molar-refractivity contribution >= 4 is 17.4 Å². The number of rotatable bonds is 5. The molecule has 2 aliphatic heterocycles. The molecule has 2 unspecified atom stereocenters. The first-order valence-electron chi connectivity index (χ1n) is 12.3. The zero-order valence-corrected chi connectivity index (χ0v) is 20.7. The summed E-state index contributed by atoms with van der Waals surface area (Å²) in [6, 6.07) is 21.1. The summed E-state index contributed by atoms with van der Waals surface area (Å²) in [6.45, 7) is 0.166. The van der Waals surface area contributed by atoms with Gasteiger partial charge in [-0.2, -0.15) is 0 Å². The van der Waals surface area contributed by atoms with Gasteiger partial charge in [0.1, 0.15) is 11.5 Å². The van der Waals surface area contributed by atoms with Crippen molar-refractivity contribution < 1.29 is 28.5 Å². The lowest BCUT2D eigenvalue weighted by molar-refractivity contribution is -0.120. The summed E-state index contributed by atoms with van der Waals surface area (Å²) >= 11 is 0. The van der Waals surface area contributed by atoms with Crippen LogP contribution >= 0.6 is 0 Å². The number of methoxy groups -OCH3 is 2. The molecule has 0 N–H and O–H groups in total. The third-order valence-corrected chi connectivity index (χ3v) is 7.39. The SMILES string of the molecule is COc1cc(OC)cc(N2C(=O)CC(c3ccc4c(c3)OCO4)C3=C2CC(c2ccccc2)CC3=O)c1. The summed E-state index contributed by atoms with van der Waals surface area (Å²) in [5.41, 5.74) is 4.01. The fourth-order valence-electron chi connectivity index (χ4n) is 5.63. The molecule has 2 atom stereocenters. The highest BCUT2D eigenvalue weighted by Crippen LogP contribution is 2.49. The first-order chi connectivity index (χ1) is 18.1. The molecule has 3 aromatic carbocycles. The lowest BCUT2D eigenvalue weighted by Crippen LogP contribution is -2.41. The number of hydrogen-bond acceptors (Lipinski definition) is 6. The number of nitrogens with zero attached hydrogens (tertiary/aromatic N) is 1. The number of hydrogen-bond donors (Lipinski definition) is 0. The Labute approximate surface area is 215 Å². The second-order valence-electron chi connectivity index (χ2n) is 9.47. The van der Waals surface area contributed by atoms with Crippen molar-refractivity contribution in [2.24, 2.45) is 0 Å². The van der Waals surface area contributed by atoms with Crippen LogP contribution in [-0.4, -0.2) is 32.7 Å². The fraction of sp³-hybridized carbons (Fsp3) is 0.267. The minimum Gasteiger partial charge on any atom is -0.497 e. The molecule has 7 nitrogen and oxygen atoms in total. The molecule has 0 bridgehead atoms. The van der Waals surface area contributed by atoms with Crippen LogP contribution in [0.1, 0.15) is 42.2 Å². The Kier molecular flexibility index (Phi) is 5.83. The van der Waals surface area contributed by atoms with Crippen LogP contribution in [0.5, 0.6) is 23.0 Å². The molecule has 3 aromatic rings. The molecular weight excluding hydrogens is 470 g/mol. The van der Waals surface area contributed by atoms with E-state index in [4.69, 9.17) is 18.9 Å². The number of benzene rings is 3. The zero-order chi connectivity index (χ0) is 25.5. The van der Waals surface area contributed by atoms with Gasteiger partial charge in [0.05, 0.1) is 19.9 Å². The number of carbonyl (C=O) groups is 2. The third-order valence-electron chi connectivity index (χ3n) is 7.39. The first-order valence-corrected chi connectivity index (χ1v) is 12.3. The Morgan fingerprint density at radius 3 is 2.24 bits per heavy atom. The summed E-state index contributed by atoms with van der Waals surface area (Å²) in [5.74, 6) is 2.05. The summed E-state index contributed by atoms with van der Waals surface area (Å²) < 4.78 is 22.0. The Balaban J connectivity index is 1.50. The Morgan fingerprint density at radius 1 is 0.784 bits per heavy atom. The summed E-state index contributed by atoms with van der Waals surface area (Å²) in [7, 11) is 3.15. The van der Waals surface area contributed by atoms with Crippen LogP contribution in [0.4, 0.5) is 5.69 Å². The second-order valence-corrected chi connectivity index (χ2v) is 9.47. The number of carbonyl (C=O) groups excluding carboxylic acids is 2. The molecular formula is C30H27NO6. The maximum absolute atomic E-state index is 13.9. The maximum atomic E-state index is 13.9. The maximum Gasteiger partial charge on any atom is 0.232 e. The van der Waals surface area contributed by atoms with E-state index in [9.17, 15) is 9.59 Å². The summed E-state index contributed by atoms with van der Waals surface area (Å²) in [6.07, 6.45) is 1.13. The number of allylic oxidation sites excluding steroid dienone is 2. The van der Waals surface area contributed by atoms with Gasteiger partial charge in [0.25, 0.3) is 0 Å². The van der Waals surface area contributed by atoms with E-state index >= 15 is 0 Å². The van der Waals surface area contributed by atoms with E-state index in [1.807, 2.05) is 60.7 Å². The Bertz CT molecular complexity index is 1390. The minimum absolute atomic E-state index is 0.0224. The van der Waals surface area contributed by atoms with Gasteiger partial charge in [-0.3, -0.25) is 14.5 Å². The van der Waals surface area contributed by atoms with Gasteiger partial charge in [0.2, 0.25) is 12.7 Å². The molecule has 188 valence electrons. The minimum atomic E-state index is -0.357. The van der Waals surface area contributed by atoms with Gasteiger partial charge in [-0.15, -0.1) is 0 Å². The molecule has 0 saturated carbocycles. The van der Waals surface area contributed by atoms with Crippen LogP contribution in [0.25, 0.3) is 0 Å². The van der Waals surface area contributed by atoms with Crippen LogP contribution in [0.3, 0.4) is 0 Å². The Hall–Kier alpha value is -4.26. The topological polar surface area (TPSA) is 74.3 Å². The average Bonchev–Trinajstić information content (AvgIpc) is 3.40. The summed E-state index contributed by atoms with van der Waals surface area (Å²) in [4.78, 5) is 29.4. The highest BCUT2D eigenvalue weighted by atomic mass is 16.7. The predicted octanol–water partition coefficient (Wildman–Crippen LogP) is 5.35. The molecule has 1 amide bonds. The van der Waals surface area contributed by atoms with Crippen molar-refractivity contribution in [3.8, 4) is 23.0 Å². The van der Waals surface area contributed by atoms with Crippen molar-refractivity contribution in [3.63, 3.8) is 0 Å². The van der Waals surface area contributed by atoms with Gasteiger partial charge in [-0.05, 0) is 35.6 Å². The quantitative estimate of drug-likeness (QED) is 0.473. The highest BCUT2D eigenvalue weighted by molar-refractivity contribution is 6.08. The predicted molar refractivity (Wildman–Crippen MR) is 137 cm³/mol. The van der Waals surface area contributed by atoms with Crippen LogP contribution in [0, 0.1) is 0 Å². The number of ketones is 1. The van der Waals surface area contributed by atoms with Crippen molar-refractivity contribution in [2.75, 3.05) is 25.9 Å². The average molecular weight is 498 g/mol. The van der Waals surface area contributed by atoms with E-state index < -0.39 is 0 Å². The van der Waals surface area contributed by atoms with Crippen LogP contribution in [0.15, 0.2) is 78.0 Å². The molecule has 2 heterocycles. The van der Waals surface area contributed by atoms with E-state index in [2.05, 4.69) is 0 Å². The van der Waals surface area contributed by atoms with E-state index in [-0.39, 0.29) is 36.7 Å². The molecule has 0 saturated heterocycles. The lowest BCUT2D eigenvalue weighted by Gasteiger charge is -2.40. The molecule has 37 heavy (non-hydrogen) atoms. The molecule has 0 radical (unpaired) electrons. The molecule has 1 aliphatic carbocycles. The third kappa shape index (κ3) is 4.10. The number of anilines is 1. The molecule has 0 aromatic heterocycles. The number of fused-ring (bicyclic) bond motifs is 1. The number of amides is 1. The van der Waals surface area contributed by atoms with Gasteiger partial charge < -0.3 is 18.9 Å². The molecule has 0 spiro atoms. The molecule has 3 aliphatic rings. The van der Waals surface area contributed by atoms with Crippen molar-refractivity contribution in [3.05, 3.63) is 89.1 Å². The highest BCUT2D eigenvalue weighted by Gasteiger charge is 2.43. The van der Waals surface area contributed by atoms with E-state index in [1.165, 1.54) is 0 Å². The smallest absolute Gasteiger partial charge is 0.232 e. The van der Waals surface area contributed by atoms with Gasteiger partial charge in [-0.25, -0.2) is 0 Å². The number of ether oxygens (including phenoxy) is 4. The van der Waals surface area contributed by atoms with Gasteiger partial charge in [0.15, 0.2) is 17.3 Å². The monoisotopic (exact) mass is 497 g/mol. The van der Waals surface area contributed by atoms with Crippen LogP contribution in [0.2, 0.25) is 0 Å². The molecule has 0 fully saturated rings. The zero-order valence-electron chi connectivity index (χ0n) is 20.7. The summed E-state index contributed by atoms with van der Waals surface area (Å²) in [5, 5.41) is 0. The molecule has 7 heteroatoms. The normalized spacial score (nSPS) is 20.6. The first kappa shape index (κ1) is 23.2. The molecule has 6 rings (SSSR count). The van der Waals surface area contributed by atoms with Gasteiger partial charge in [0, 0.05) is 48.2 Å². The van der Waals surface area contributed by atoms with Crippen LogP contribution in [-0.2, 0) is 9.59 Å². The lowest BCUT2D eigenvalue weighted by atomic mass is 9.72. The largest absolute Gasteiger partial charge is 0.497 e. The Morgan fingerprint density at radius 2 is 1.51 bits per heavy atom. The van der Waals surface area contributed by atoms with Crippen LogP contribution < -0.4 is 23.8 Å². The fourth-order valence-corrected chi connectivity index (χ4v) is 5.63. The van der Waals surface area contributed by atoms with E-state index in [0.717, 1.165) is 16.8 Å². The van der Waals surface area contributed by atoms with E-state index in [1.54, 1.807) is 25.2 Å². The van der Waals surface area contributed by atoms with Gasteiger partial charge in [-0.1, -0.05) is 36.4 Å². The standard InChI is InChI=1S/C30H27NO6/c1-34-22-13-21(14-23(15-22)35-2)31-25-10-20(18-6-4-3-5-7-18)11-26(32)30(25)24(16-29(31)33)19-8-9-27-28(12-19)37-17-36-27/h3-9,12-15,20,24H,10-11,16-17H2,1-2H3. The van der Waals surface area contributed by atoms with Crippen molar-refractivity contribution in [1.29, 1.82) is 0 Å². The second kappa shape index (κ2) is 9.32. The van der Waals surface area contributed by atoms with Crippen molar-refractivity contribution in [2.45, 2.75) is 31.1 Å². The van der Waals surface area contributed by atoms with E-state index in [0.29, 0.717) is 47.1 Å². The van der Waals surface area contributed by atoms with Gasteiger partial charge >= 0.3 is 0 Å². The van der Waals surface area contributed by atoms with Crippen molar-refractivity contribution in [1.82, 2.24) is 0 Å².